The van der Waals surface area contributed by atoms with Crippen molar-refractivity contribution in [2.24, 2.45) is 0 Å². The second kappa shape index (κ2) is 6.84. The van der Waals surface area contributed by atoms with Crippen LogP contribution in [0.4, 0.5) is 5.95 Å². The van der Waals surface area contributed by atoms with Gasteiger partial charge in [0, 0.05) is 17.0 Å². The topological polar surface area (TPSA) is 145 Å². The standard InChI is InChI=1S/C12H12BrN7O4S/c13-10-16-7(5-25-10)8(21)17-12(1-2-12)9(22)14-3-4-19-6-15-11(18-19)20(23)24/h5-6H,1-4H2,(H,14,22)(H,17,21). The van der Waals surface area contributed by atoms with Gasteiger partial charge in [0.05, 0.1) is 6.54 Å². The number of nitrogens with one attached hydrogen (secondary N) is 2. The lowest BCUT2D eigenvalue weighted by atomic mass is 10.2. The molecule has 0 aliphatic heterocycles. The number of hydrogen-bond donors (Lipinski definition) is 2. The summed E-state index contributed by atoms with van der Waals surface area (Å²) in [6.07, 6.45) is 2.31. The van der Waals surface area contributed by atoms with Crippen LogP contribution in [-0.2, 0) is 11.3 Å². The van der Waals surface area contributed by atoms with Crippen LogP contribution < -0.4 is 10.6 Å². The van der Waals surface area contributed by atoms with Crippen LogP contribution in [0.15, 0.2) is 15.6 Å². The smallest absolute Gasteiger partial charge is 0.390 e. The Hall–Kier alpha value is -2.41. The molecule has 1 aliphatic rings. The summed E-state index contributed by atoms with van der Waals surface area (Å²) in [6.45, 7) is 0.439. The molecule has 0 saturated heterocycles. The average molecular weight is 430 g/mol. The molecule has 1 fully saturated rings. The Bertz CT molecular complexity index is 831. The molecule has 2 aromatic rings. The summed E-state index contributed by atoms with van der Waals surface area (Å²) in [4.78, 5) is 41.8. The minimum Gasteiger partial charge on any atom is -0.390 e. The Kier molecular flexibility index (Phi) is 4.76. The third-order valence-electron chi connectivity index (χ3n) is 3.56. The number of amides is 2. The van der Waals surface area contributed by atoms with Crippen molar-refractivity contribution < 1.29 is 14.5 Å². The monoisotopic (exact) mass is 429 g/mol. The first-order valence-electron chi connectivity index (χ1n) is 7.15. The summed E-state index contributed by atoms with van der Waals surface area (Å²) in [5.74, 6) is -1.20. The zero-order chi connectivity index (χ0) is 18.0. The van der Waals surface area contributed by atoms with Crippen LogP contribution in [0.2, 0.25) is 0 Å². The Balaban J connectivity index is 1.50. The zero-order valence-electron chi connectivity index (χ0n) is 12.6. The molecule has 132 valence electrons. The molecular weight excluding hydrogens is 418 g/mol. The van der Waals surface area contributed by atoms with Gasteiger partial charge in [0.1, 0.15) is 11.2 Å². The van der Waals surface area contributed by atoms with Gasteiger partial charge in [0.2, 0.25) is 12.2 Å². The molecule has 2 aromatic heterocycles. The van der Waals surface area contributed by atoms with Crippen LogP contribution in [0.3, 0.4) is 0 Å². The van der Waals surface area contributed by atoms with Gasteiger partial charge in [-0.15, -0.1) is 11.3 Å². The van der Waals surface area contributed by atoms with E-state index in [1.54, 1.807) is 5.38 Å². The van der Waals surface area contributed by atoms with Crippen LogP contribution in [0, 0.1) is 10.1 Å². The van der Waals surface area contributed by atoms with Gasteiger partial charge in [-0.3, -0.25) is 9.59 Å². The van der Waals surface area contributed by atoms with Crippen molar-refractivity contribution in [2.45, 2.75) is 24.9 Å². The van der Waals surface area contributed by atoms with E-state index in [0.717, 1.165) is 0 Å². The van der Waals surface area contributed by atoms with E-state index in [-0.39, 0.29) is 24.7 Å². The van der Waals surface area contributed by atoms with E-state index in [0.29, 0.717) is 16.8 Å². The highest BCUT2D eigenvalue weighted by Gasteiger charge is 2.51. The molecule has 1 saturated carbocycles. The van der Waals surface area contributed by atoms with E-state index in [1.807, 2.05) is 0 Å². The SMILES string of the molecule is O=C(NC1(C(=O)NCCn2cnc([N+](=O)[O-])n2)CC1)c1csc(Br)n1. The second-order valence-electron chi connectivity index (χ2n) is 5.34. The van der Waals surface area contributed by atoms with Gasteiger partial charge in [-0.1, -0.05) is 4.98 Å². The molecule has 2 heterocycles. The fourth-order valence-corrected chi connectivity index (χ4v) is 3.09. The Morgan fingerprint density at radius 3 is 2.80 bits per heavy atom. The van der Waals surface area contributed by atoms with Crippen molar-refractivity contribution in [3.8, 4) is 0 Å². The van der Waals surface area contributed by atoms with Gasteiger partial charge in [-0.25, -0.2) is 4.98 Å². The zero-order valence-corrected chi connectivity index (χ0v) is 15.0. The molecule has 2 N–H and O–H groups in total. The number of hydrogen-bond acceptors (Lipinski definition) is 8. The van der Waals surface area contributed by atoms with Crippen LogP contribution in [0.25, 0.3) is 0 Å². The molecule has 0 spiro atoms. The summed E-state index contributed by atoms with van der Waals surface area (Å²) in [5.41, 5.74) is -0.660. The molecule has 0 unspecified atom stereocenters. The first-order valence-corrected chi connectivity index (χ1v) is 8.82. The van der Waals surface area contributed by atoms with Crippen molar-refractivity contribution in [1.29, 1.82) is 0 Å². The van der Waals surface area contributed by atoms with E-state index in [2.05, 4.69) is 41.6 Å². The van der Waals surface area contributed by atoms with E-state index < -0.39 is 22.3 Å². The summed E-state index contributed by atoms with van der Waals surface area (Å²) in [5, 5.41) is 21.2. The molecular formula is C12H12BrN7O4S. The maximum atomic E-state index is 12.3. The fourth-order valence-electron chi connectivity index (χ4n) is 2.10. The summed E-state index contributed by atoms with van der Waals surface area (Å²) in [6, 6.07) is 0. The first kappa shape index (κ1) is 17.4. The molecule has 1 aliphatic carbocycles. The predicted molar refractivity (Wildman–Crippen MR) is 88.9 cm³/mol. The predicted octanol–water partition coefficient (Wildman–Crippen LogP) is 0.484. The van der Waals surface area contributed by atoms with Gasteiger partial charge in [-0.05, 0) is 33.7 Å². The molecule has 0 bridgehead atoms. The minimum absolute atomic E-state index is 0.208. The lowest BCUT2D eigenvalue weighted by Gasteiger charge is -2.16. The van der Waals surface area contributed by atoms with Gasteiger partial charge >= 0.3 is 5.95 Å². The van der Waals surface area contributed by atoms with Crippen molar-refractivity contribution in [3.05, 3.63) is 31.4 Å². The Labute approximate surface area is 153 Å². The summed E-state index contributed by atoms with van der Waals surface area (Å²) < 4.78 is 1.86. The van der Waals surface area contributed by atoms with E-state index >= 15 is 0 Å². The van der Waals surface area contributed by atoms with Gasteiger partial charge < -0.3 is 20.7 Å². The second-order valence-corrected chi connectivity index (χ2v) is 7.48. The third kappa shape index (κ3) is 3.99. The number of rotatable bonds is 7. The molecule has 25 heavy (non-hydrogen) atoms. The van der Waals surface area contributed by atoms with Crippen LogP contribution >= 0.6 is 27.3 Å². The molecule has 11 nitrogen and oxygen atoms in total. The van der Waals surface area contributed by atoms with Crippen molar-refractivity contribution in [1.82, 2.24) is 30.4 Å². The van der Waals surface area contributed by atoms with Gasteiger partial charge in [-0.2, -0.15) is 4.68 Å². The number of nitro groups is 1. The first-order chi connectivity index (χ1) is 11.9. The number of carbonyl (C=O) groups excluding carboxylic acids is 2. The highest BCUT2D eigenvalue weighted by atomic mass is 79.9. The molecule has 3 rings (SSSR count). The number of thiazole rings is 1. The maximum absolute atomic E-state index is 12.3. The highest BCUT2D eigenvalue weighted by Crippen LogP contribution is 2.36. The van der Waals surface area contributed by atoms with Crippen LogP contribution in [0.5, 0.6) is 0 Å². The highest BCUT2D eigenvalue weighted by molar-refractivity contribution is 9.11. The largest absolute Gasteiger partial charge is 0.490 e. The average Bonchev–Trinajstić information content (AvgIpc) is 2.98. The van der Waals surface area contributed by atoms with Crippen LogP contribution in [-0.4, -0.2) is 48.6 Å². The van der Waals surface area contributed by atoms with Gasteiger partial charge in [0.25, 0.3) is 5.91 Å². The van der Waals surface area contributed by atoms with Crippen molar-refractivity contribution in [2.75, 3.05) is 6.54 Å². The minimum atomic E-state index is -0.915. The van der Waals surface area contributed by atoms with Crippen LogP contribution in [0.1, 0.15) is 23.3 Å². The van der Waals surface area contributed by atoms with Crippen molar-refractivity contribution >= 4 is 45.0 Å². The summed E-state index contributed by atoms with van der Waals surface area (Å²) >= 11 is 4.47. The van der Waals surface area contributed by atoms with Gasteiger partial charge in [0.15, 0.2) is 3.92 Å². The lowest BCUT2D eigenvalue weighted by Crippen LogP contribution is -2.49. The Morgan fingerprint density at radius 2 is 2.24 bits per heavy atom. The number of aromatic nitrogens is 4. The molecule has 0 radical (unpaired) electrons. The van der Waals surface area contributed by atoms with E-state index in [1.165, 1.54) is 22.3 Å². The third-order valence-corrected chi connectivity index (χ3v) is 4.93. The number of nitrogens with zero attached hydrogens (tertiary/aromatic N) is 5. The van der Waals surface area contributed by atoms with E-state index in [9.17, 15) is 19.7 Å². The molecule has 2 amide bonds. The quantitative estimate of drug-likeness (QED) is 0.480. The normalized spacial score (nSPS) is 14.8. The Morgan fingerprint density at radius 1 is 1.48 bits per heavy atom. The molecule has 0 atom stereocenters. The summed E-state index contributed by atoms with van der Waals surface area (Å²) in [7, 11) is 0. The number of carbonyl (C=O) groups is 2. The fraction of sp³-hybridized carbons (Fsp3) is 0.417. The maximum Gasteiger partial charge on any atom is 0.490 e. The molecule has 13 heteroatoms. The van der Waals surface area contributed by atoms with E-state index in [4.69, 9.17) is 0 Å². The van der Waals surface area contributed by atoms with Crippen molar-refractivity contribution in [3.63, 3.8) is 0 Å². The lowest BCUT2D eigenvalue weighted by molar-refractivity contribution is -0.394. The number of halogens is 1. The molecule has 0 aromatic carbocycles.